The average molecular weight is 231 g/mol. The van der Waals surface area contributed by atoms with Crippen molar-refractivity contribution in [3.63, 3.8) is 0 Å². The van der Waals surface area contributed by atoms with Gasteiger partial charge in [-0.15, -0.1) is 0 Å². The quantitative estimate of drug-likeness (QED) is 0.518. The van der Waals surface area contributed by atoms with Crippen LogP contribution in [0.1, 0.15) is 27.7 Å². The summed E-state index contributed by atoms with van der Waals surface area (Å²) < 4.78 is 6.82. The summed E-state index contributed by atoms with van der Waals surface area (Å²) in [5, 5.41) is 4.04. The van der Waals surface area contributed by atoms with Crippen molar-refractivity contribution in [2.75, 3.05) is 7.11 Å². The molecule has 0 saturated heterocycles. The molecular formula is C10H22GeO. The summed E-state index contributed by atoms with van der Waals surface area (Å²) in [5.74, 6) is 0. The predicted octanol–water partition coefficient (Wildman–Crippen LogP) is 3.58. The summed E-state index contributed by atoms with van der Waals surface area (Å²) >= 11 is -1.73. The Labute approximate surface area is 79.6 Å². The number of ether oxygens (including phenoxy) is 1. The first-order valence-electron chi connectivity index (χ1n) is 4.91. The SMILES string of the molecule is CC=[C](OC)[Ge]([CH2]C)([CH2]C)[CH2]C. The molecule has 0 rings (SSSR count). The number of hydrogen-bond acceptors (Lipinski definition) is 1. The molecule has 0 aromatic heterocycles. The fourth-order valence-corrected chi connectivity index (χ4v) is 9.45. The molecule has 0 heterocycles. The summed E-state index contributed by atoms with van der Waals surface area (Å²) in [7, 11) is 1.82. The molecule has 0 spiro atoms. The Morgan fingerprint density at radius 2 is 1.58 bits per heavy atom. The molecule has 0 aromatic carbocycles. The van der Waals surface area contributed by atoms with Crippen LogP contribution in [0.25, 0.3) is 0 Å². The predicted molar refractivity (Wildman–Crippen MR) is 58.0 cm³/mol. The summed E-state index contributed by atoms with van der Waals surface area (Å²) in [4.78, 5) is 0. The maximum atomic E-state index is 5.48. The zero-order valence-electron chi connectivity index (χ0n) is 9.11. The van der Waals surface area contributed by atoms with Gasteiger partial charge in [-0.05, 0) is 0 Å². The van der Waals surface area contributed by atoms with Gasteiger partial charge in [-0.1, -0.05) is 0 Å². The van der Waals surface area contributed by atoms with E-state index in [0.29, 0.717) is 0 Å². The van der Waals surface area contributed by atoms with E-state index in [4.69, 9.17) is 4.74 Å². The molecule has 0 radical (unpaired) electrons. The van der Waals surface area contributed by atoms with Crippen molar-refractivity contribution in [2.45, 2.75) is 43.5 Å². The molecule has 0 aliphatic rings. The zero-order valence-corrected chi connectivity index (χ0v) is 11.2. The van der Waals surface area contributed by atoms with Crippen molar-refractivity contribution >= 4 is 13.3 Å². The first-order valence-corrected chi connectivity index (χ1v) is 10.4. The summed E-state index contributed by atoms with van der Waals surface area (Å²) in [6, 6.07) is 0. The summed E-state index contributed by atoms with van der Waals surface area (Å²) in [6.07, 6.45) is 2.18. The van der Waals surface area contributed by atoms with Gasteiger partial charge in [0.15, 0.2) is 0 Å². The third-order valence-electron chi connectivity index (χ3n) is 3.04. The summed E-state index contributed by atoms with van der Waals surface area (Å²) in [6.45, 7) is 9.04. The standard InChI is InChI=1S/C10H22GeO/c1-6-10(12-5)11(7-2,8-3)9-4/h6H,7-9H2,1-5H3. The second-order valence-corrected chi connectivity index (χ2v) is 14.1. The third kappa shape index (κ3) is 2.28. The molecule has 0 atom stereocenters. The molecule has 0 aliphatic carbocycles. The van der Waals surface area contributed by atoms with Gasteiger partial charge in [0.25, 0.3) is 0 Å². The Hall–Kier alpha value is 0.0829. The van der Waals surface area contributed by atoms with Gasteiger partial charge in [0.1, 0.15) is 0 Å². The van der Waals surface area contributed by atoms with Crippen LogP contribution in [0.5, 0.6) is 0 Å². The van der Waals surface area contributed by atoms with E-state index in [0.717, 1.165) is 0 Å². The first-order chi connectivity index (χ1) is 5.70. The monoisotopic (exact) mass is 232 g/mol. The van der Waals surface area contributed by atoms with Gasteiger partial charge < -0.3 is 0 Å². The van der Waals surface area contributed by atoms with E-state index >= 15 is 0 Å². The minimum atomic E-state index is -1.73. The van der Waals surface area contributed by atoms with Gasteiger partial charge in [-0.2, -0.15) is 0 Å². The van der Waals surface area contributed by atoms with Crippen molar-refractivity contribution in [1.82, 2.24) is 0 Å². The van der Waals surface area contributed by atoms with Crippen LogP contribution in [0.15, 0.2) is 10.7 Å². The molecule has 0 fully saturated rings. The van der Waals surface area contributed by atoms with Crippen molar-refractivity contribution in [1.29, 1.82) is 0 Å². The summed E-state index contributed by atoms with van der Waals surface area (Å²) in [5.41, 5.74) is 0. The van der Waals surface area contributed by atoms with E-state index < -0.39 is 13.3 Å². The molecule has 0 saturated carbocycles. The molecule has 0 aliphatic heterocycles. The van der Waals surface area contributed by atoms with Gasteiger partial charge in [-0.3, -0.25) is 0 Å². The third-order valence-corrected chi connectivity index (χ3v) is 14.8. The Morgan fingerprint density at radius 1 is 1.17 bits per heavy atom. The van der Waals surface area contributed by atoms with E-state index in [1.165, 1.54) is 20.4 Å². The van der Waals surface area contributed by atoms with E-state index in [1.54, 1.807) is 0 Å². The van der Waals surface area contributed by atoms with Crippen molar-refractivity contribution in [3.8, 4) is 0 Å². The molecule has 0 N–H and O–H groups in total. The van der Waals surface area contributed by atoms with Crippen LogP contribution in [0.3, 0.4) is 0 Å². The van der Waals surface area contributed by atoms with Gasteiger partial charge in [0.05, 0.1) is 0 Å². The second-order valence-electron chi connectivity index (χ2n) is 3.20. The topological polar surface area (TPSA) is 9.23 Å². The second kappa shape index (κ2) is 5.68. The Bertz CT molecular complexity index is 140. The van der Waals surface area contributed by atoms with Crippen LogP contribution in [0, 0.1) is 0 Å². The van der Waals surface area contributed by atoms with Crippen LogP contribution < -0.4 is 0 Å². The van der Waals surface area contributed by atoms with Crippen molar-refractivity contribution < 1.29 is 4.74 Å². The van der Waals surface area contributed by atoms with Crippen LogP contribution in [0.4, 0.5) is 0 Å². The van der Waals surface area contributed by atoms with E-state index in [1.807, 2.05) is 7.11 Å². The number of hydrogen-bond donors (Lipinski definition) is 0. The van der Waals surface area contributed by atoms with Crippen molar-refractivity contribution in [2.24, 2.45) is 0 Å². The minimum absolute atomic E-state index is 1.34. The van der Waals surface area contributed by atoms with Gasteiger partial charge in [0.2, 0.25) is 0 Å². The normalized spacial score (nSPS) is 13.2. The Morgan fingerprint density at radius 3 is 1.67 bits per heavy atom. The number of methoxy groups -OCH3 is 1. The molecule has 12 heavy (non-hydrogen) atoms. The molecule has 1 nitrogen and oxygen atoms in total. The molecule has 0 aromatic rings. The van der Waals surface area contributed by atoms with E-state index in [9.17, 15) is 0 Å². The van der Waals surface area contributed by atoms with E-state index in [2.05, 4.69) is 33.8 Å². The Balaban J connectivity index is 4.68. The van der Waals surface area contributed by atoms with Gasteiger partial charge >= 0.3 is 79.2 Å². The van der Waals surface area contributed by atoms with Crippen LogP contribution in [-0.2, 0) is 4.74 Å². The van der Waals surface area contributed by atoms with Gasteiger partial charge in [0, 0.05) is 0 Å². The molecule has 0 amide bonds. The van der Waals surface area contributed by atoms with Crippen LogP contribution in [0.2, 0.25) is 15.8 Å². The maximum absolute atomic E-state index is 5.48. The average Bonchev–Trinajstić information content (AvgIpc) is 2.14. The zero-order chi connectivity index (χ0) is 9.61. The molecule has 2 heteroatoms. The van der Waals surface area contributed by atoms with Crippen molar-refractivity contribution in [3.05, 3.63) is 10.7 Å². The number of allylic oxidation sites excluding steroid dienone is 1. The number of rotatable bonds is 5. The Kier molecular flexibility index (Phi) is 5.72. The molecular weight excluding hydrogens is 209 g/mol. The van der Waals surface area contributed by atoms with Gasteiger partial charge in [-0.25, -0.2) is 0 Å². The molecule has 0 bridgehead atoms. The molecule has 72 valence electrons. The molecule has 0 unspecified atom stereocenters. The van der Waals surface area contributed by atoms with Crippen LogP contribution in [-0.4, -0.2) is 20.4 Å². The fourth-order valence-electron chi connectivity index (χ4n) is 1.91. The van der Waals surface area contributed by atoms with E-state index in [-0.39, 0.29) is 0 Å². The van der Waals surface area contributed by atoms with Crippen LogP contribution >= 0.6 is 0 Å². The first kappa shape index (κ1) is 12.1. The fraction of sp³-hybridized carbons (Fsp3) is 0.800.